The van der Waals surface area contributed by atoms with Crippen molar-refractivity contribution in [3.05, 3.63) is 90.0 Å². The molecule has 2 heterocycles. The molecule has 4 aromatic rings. The molecule has 34 heavy (non-hydrogen) atoms. The van der Waals surface area contributed by atoms with E-state index in [4.69, 9.17) is 9.72 Å². The predicted molar refractivity (Wildman–Crippen MR) is 137 cm³/mol. The number of imidazole rings is 1. The van der Waals surface area contributed by atoms with Crippen molar-refractivity contribution in [2.75, 3.05) is 38.2 Å². The van der Waals surface area contributed by atoms with Crippen LogP contribution in [0, 0.1) is 0 Å². The number of benzene rings is 3. The molecule has 1 fully saturated rings. The molecule has 3 aromatic carbocycles. The molecule has 0 atom stereocenters. The summed E-state index contributed by atoms with van der Waals surface area (Å²) in [5.74, 6) is 1.64. The van der Waals surface area contributed by atoms with Crippen LogP contribution < -0.4 is 9.64 Å². The van der Waals surface area contributed by atoms with Crippen LogP contribution in [-0.4, -0.2) is 54.1 Å². The molecule has 0 saturated carbocycles. The first-order chi connectivity index (χ1) is 16.7. The summed E-state index contributed by atoms with van der Waals surface area (Å²) in [5, 5.41) is 0. The summed E-state index contributed by atoms with van der Waals surface area (Å²) in [6.45, 7) is 2.90. The number of aromatic nitrogens is 2. The lowest BCUT2D eigenvalue weighted by Crippen LogP contribution is -2.36. The fourth-order valence-electron chi connectivity index (χ4n) is 4.42. The molecule has 1 aliphatic heterocycles. The van der Waals surface area contributed by atoms with Crippen LogP contribution >= 0.6 is 0 Å². The third kappa shape index (κ3) is 4.53. The van der Waals surface area contributed by atoms with E-state index in [9.17, 15) is 4.79 Å². The zero-order valence-corrected chi connectivity index (χ0v) is 19.3. The normalized spacial score (nSPS) is 14.8. The van der Waals surface area contributed by atoms with Crippen LogP contribution in [0.1, 0.15) is 17.5 Å². The minimum Gasteiger partial charge on any atom is -0.496 e. The van der Waals surface area contributed by atoms with Gasteiger partial charge in [0, 0.05) is 37.3 Å². The van der Waals surface area contributed by atoms with Crippen LogP contribution in [0.5, 0.6) is 5.75 Å². The second-order valence-corrected chi connectivity index (χ2v) is 8.38. The quantitative estimate of drug-likeness (QED) is 0.347. The van der Waals surface area contributed by atoms with E-state index in [2.05, 4.69) is 9.88 Å². The highest BCUT2D eigenvalue weighted by Gasteiger charge is 2.24. The molecule has 6 heteroatoms. The number of ether oxygens (including phenoxy) is 1. The number of carbonyl (C=O) groups is 1. The molecule has 0 radical (unpaired) electrons. The molecule has 1 aromatic heterocycles. The fourth-order valence-corrected chi connectivity index (χ4v) is 4.42. The van der Waals surface area contributed by atoms with Crippen molar-refractivity contribution < 1.29 is 9.53 Å². The SMILES string of the molecule is COc1ccccc1/C=C(/C(=O)N1CCCN(c2nc3ccccc3[nH]2)CC1)c1ccccc1. The highest BCUT2D eigenvalue weighted by molar-refractivity contribution is 6.24. The second kappa shape index (κ2) is 9.83. The van der Waals surface area contributed by atoms with Crippen LogP contribution in [-0.2, 0) is 4.79 Å². The minimum atomic E-state index is 0.0311. The van der Waals surface area contributed by atoms with E-state index in [1.54, 1.807) is 7.11 Å². The number of aromatic amines is 1. The van der Waals surface area contributed by atoms with Crippen molar-refractivity contribution in [1.82, 2.24) is 14.9 Å². The van der Waals surface area contributed by atoms with Crippen molar-refractivity contribution >= 4 is 34.5 Å². The number of nitrogens with one attached hydrogen (secondary N) is 1. The lowest BCUT2D eigenvalue weighted by Gasteiger charge is -2.23. The summed E-state index contributed by atoms with van der Waals surface area (Å²) in [4.78, 5) is 26.2. The van der Waals surface area contributed by atoms with Crippen molar-refractivity contribution in [3.63, 3.8) is 0 Å². The van der Waals surface area contributed by atoms with E-state index in [0.717, 1.165) is 53.4 Å². The maximum atomic E-state index is 13.8. The molecule has 1 amide bonds. The molecule has 1 N–H and O–H groups in total. The summed E-state index contributed by atoms with van der Waals surface area (Å²) >= 11 is 0. The summed E-state index contributed by atoms with van der Waals surface area (Å²) in [7, 11) is 1.65. The van der Waals surface area contributed by atoms with Gasteiger partial charge in [0.25, 0.3) is 5.91 Å². The molecule has 0 spiro atoms. The Bertz CT molecular complexity index is 1280. The van der Waals surface area contributed by atoms with Crippen LogP contribution in [0.15, 0.2) is 78.9 Å². The monoisotopic (exact) mass is 452 g/mol. The van der Waals surface area contributed by atoms with Crippen molar-refractivity contribution in [3.8, 4) is 5.75 Å². The number of carbonyl (C=O) groups excluding carboxylic acids is 1. The summed E-state index contributed by atoms with van der Waals surface area (Å²) < 4.78 is 5.53. The molecule has 1 aliphatic rings. The van der Waals surface area contributed by atoms with Crippen molar-refractivity contribution in [2.24, 2.45) is 0 Å². The van der Waals surface area contributed by atoms with Gasteiger partial charge in [-0.15, -0.1) is 0 Å². The van der Waals surface area contributed by atoms with E-state index in [1.807, 2.05) is 89.8 Å². The molecular formula is C28H28N4O2. The number of H-pyrrole nitrogens is 1. The van der Waals surface area contributed by atoms with Crippen LogP contribution in [0.2, 0.25) is 0 Å². The van der Waals surface area contributed by atoms with Gasteiger partial charge in [-0.3, -0.25) is 4.79 Å². The van der Waals surface area contributed by atoms with E-state index in [-0.39, 0.29) is 5.91 Å². The Morgan fingerprint density at radius 2 is 1.68 bits per heavy atom. The van der Waals surface area contributed by atoms with Gasteiger partial charge in [0.15, 0.2) is 0 Å². The average molecular weight is 453 g/mol. The van der Waals surface area contributed by atoms with Gasteiger partial charge < -0.3 is 19.5 Å². The number of amides is 1. The highest BCUT2D eigenvalue weighted by atomic mass is 16.5. The Kier molecular flexibility index (Phi) is 6.29. The third-order valence-corrected chi connectivity index (χ3v) is 6.21. The maximum Gasteiger partial charge on any atom is 0.254 e. The summed E-state index contributed by atoms with van der Waals surface area (Å²) in [6, 6.07) is 25.7. The standard InChI is InChI=1S/C28H28N4O2/c1-34-26-15-8-5-12-22(26)20-23(21-10-3-2-4-11-21)27(33)31-16-9-17-32(19-18-31)28-29-24-13-6-7-14-25(24)30-28/h2-8,10-15,20H,9,16-19H2,1H3,(H,29,30)/b23-20+. The number of rotatable bonds is 5. The van der Waals surface area contributed by atoms with Gasteiger partial charge in [0.05, 0.1) is 18.1 Å². The Morgan fingerprint density at radius 1 is 0.912 bits per heavy atom. The molecule has 1 saturated heterocycles. The van der Waals surface area contributed by atoms with Gasteiger partial charge in [-0.05, 0) is 36.3 Å². The van der Waals surface area contributed by atoms with Crippen LogP contribution in [0.4, 0.5) is 5.95 Å². The lowest BCUT2D eigenvalue weighted by molar-refractivity contribution is -0.124. The Labute approximate surface area is 199 Å². The zero-order chi connectivity index (χ0) is 23.3. The number of methoxy groups -OCH3 is 1. The average Bonchev–Trinajstić information content (AvgIpc) is 3.17. The molecule has 5 rings (SSSR count). The topological polar surface area (TPSA) is 61.5 Å². The Morgan fingerprint density at radius 3 is 2.50 bits per heavy atom. The summed E-state index contributed by atoms with van der Waals surface area (Å²) in [5.41, 5.74) is 4.44. The largest absolute Gasteiger partial charge is 0.496 e. The predicted octanol–water partition coefficient (Wildman–Crippen LogP) is 4.85. The lowest BCUT2D eigenvalue weighted by atomic mass is 10.0. The van der Waals surface area contributed by atoms with Gasteiger partial charge in [0.1, 0.15) is 5.75 Å². The second-order valence-electron chi connectivity index (χ2n) is 8.38. The first-order valence-electron chi connectivity index (χ1n) is 11.6. The number of hydrogen-bond acceptors (Lipinski definition) is 4. The molecule has 172 valence electrons. The van der Waals surface area contributed by atoms with Gasteiger partial charge in [-0.25, -0.2) is 4.98 Å². The fraction of sp³-hybridized carbons (Fsp3) is 0.214. The van der Waals surface area contributed by atoms with Crippen LogP contribution in [0.25, 0.3) is 22.7 Å². The number of nitrogens with zero attached hydrogens (tertiary/aromatic N) is 3. The van der Waals surface area contributed by atoms with Crippen LogP contribution in [0.3, 0.4) is 0 Å². The number of anilines is 1. The number of hydrogen-bond donors (Lipinski definition) is 1. The van der Waals surface area contributed by atoms with E-state index >= 15 is 0 Å². The zero-order valence-electron chi connectivity index (χ0n) is 19.3. The van der Waals surface area contributed by atoms with Crippen molar-refractivity contribution in [2.45, 2.75) is 6.42 Å². The van der Waals surface area contributed by atoms with E-state index < -0.39 is 0 Å². The van der Waals surface area contributed by atoms with Crippen molar-refractivity contribution in [1.29, 1.82) is 0 Å². The highest BCUT2D eigenvalue weighted by Crippen LogP contribution is 2.27. The molecule has 6 nitrogen and oxygen atoms in total. The molecular weight excluding hydrogens is 424 g/mol. The molecule has 0 unspecified atom stereocenters. The first-order valence-corrected chi connectivity index (χ1v) is 11.6. The summed E-state index contributed by atoms with van der Waals surface area (Å²) in [6.07, 6.45) is 2.82. The minimum absolute atomic E-state index is 0.0311. The van der Waals surface area contributed by atoms with E-state index in [0.29, 0.717) is 18.7 Å². The number of para-hydroxylation sites is 3. The van der Waals surface area contributed by atoms with Gasteiger partial charge in [-0.1, -0.05) is 60.7 Å². The third-order valence-electron chi connectivity index (χ3n) is 6.21. The first kappa shape index (κ1) is 21.8. The van der Waals surface area contributed by atoms with Gasteiger partial charge in [0.2, 0.25) is 5.95 Å². The molecule has 0 bridgehead atoms. The molecule has 0 aliphatic carbocycles. The Balaban J connectivity index is 1.41. The maximum absolute atomic E-state index is 13.8. The van der Waals surface area contributed by atoms with E-state index in [1.165, 1.54) is 0 Å². The smallest absolute Gasteiger partial charge is 0.254 e. The Hall–Kier alpha value is -4.06. The van der Waals surface area contributed by atoms with Gasteiger partial charge >= 0.3 is 0 Å². The number of fused-ring (bicyclic) bond motifs is 1. The van der Waals surface area contributed by atoms with Gasteiger partial charge in [-0.2, -0.15) is 0 Å².